The Bertz CT molecular complexity index is 306. The summed E-state index contributed by atoms with van der Waals surface area (Å²) in [4.78, 5) is 3.88. The second-order valence-corrected chi connectivity index (χ2v) is 2.20. The number of aromatic nitrogens is 2. The second kappa shape index (κ2) is 3.51. The Hall–Kier alpha value is -1.85. The maximum Gasteiger partial charge on any atom is 0.211 e. The van der Waals surface area contributed by atoms with E-state index in [0.717, 1.165) is 5.69 Å². The number of aryl methyl sites for hydroxylation is 1. The number of rotatable bonds is 2. The molecule has 1 rings (SSSR count). The van der Waals surface area contributed by atoms with Gasteiger partial charge in [-0.2, -0.15) is 5.10 Å². The Morgan fingerprint density at radius 2 is 2.42 bits per heavy atom. The SMILES string of the molecule is Cn1cncc1/C=N/N=C(N)N. The Balaban J connectivity index is 2.70. The quantitative estimate of drug-likeness (QED) is 0.336. The Kier molecular flexibility index (Phi) is 2.42. The maximum atomic E-state index is 5.06. The molecule has 0 aliphatic heterocycles. The van der Waals surface area contributed by atoms with E-state index in [9.17, 15) is 0 Å². The fourth-order valence-electron chi connectivity index (χ4n) is 0.647. The molecular weight excluding hydrogens is 156 g/mol. The van der Waals surface area contributed by atoms with E-state index in [2.05, 4.69) is 15.2 Å². The maximum absolute atomic E-state index is 5.06. The Morgan fingerprint density at radius 3 is 2.92 bits per heavy atom. The van der Waals surface area contributed by atoms with E-state index >= 15 is 0 Å². The molecule has 0 aliphatic rings. The van der Waals surface area contributed by atoms with Crippen molar-refractivity contribution in [3.05, 3.63) is 18.2 Å². The molecule has 12 heavy (non-hydrogen) atoms. The van der Waals surface area contributed by atoms with Gasteiger partial charge in [-0.25, -0.2) is 4.98 Å². The van der Waals surface area contributed by atoms with Gasteiger partial charge in [0.2, 0.25) is 5.96 Å². The predicted octanol–water partition coefficient (Wildman–Crippen LogP) is -0.973. The van der Waals surface area contributed by atoms with Crippen molar-refractivity contribution in [1.29, 1.82) is 0 Å². The standard InChI is InChI=1S/C6H10N6/c1-12-4-9-2-5(12)3-10-11-6(7)8/h2-4H,1H3,(H4,7,8,11)/b10-3+. The van der Waals surface area contributed by atoms with Gasteiger partial charge in [-0.05, 0) is 0 Å². The largest absolute Gasteiger partial charge is 0.369 e. The van der Waals surface area contributed by atoms with Crippen molar-refractivity contribution in [2.75, 3.05) is 0 Å². The van der Waals surface area contributed by atoms with Crippen LogP contribution in [0.4, 0.5) is 0 Å². The number of nitrogens with two attached hydrogens (primary N) is 2. The topological polar surface area (TPSA) is 94.6 Å². The lowest BCUT2D eigenvalue weighted by Crippen LogP contribution is -2.21. The molecule has 0 saturated carbocycles. The third kappa shape index (κ3) is 2.08. The lowest BCUT2D eigenvalue weighted by atomic mass is 10.5. The summed E-state index contributed by atoms with van der Waals surface area (Å²) in [5.41, 5.74) is 11.0. The molecule has 0 aliphatic carbocycles. The minimum atomic E-state index is -0.0616. The molecule has 0 radical (unpaired) electrons. The van der Waals surface area contributed by atoms with Crippen LogP contribution in [0, 0.1) is 0 Å². The van der Waals surface area contributed by atoms with Crippen LogP contribution in [0.5, 0.6) is 0 Å². The molecule has 6 heteroatoms. The average Bonchev–Trinajstić information content (AvgIpc) is 2.36. The van der Waals surface area contributed by atoms with Crippen molar-refractivity contribution < 1.29 is 0 Å². The van der Waals surface area contributed by atoms with Crippen LogP contribution in [0.25, 0.3) is 0 Å². The summed E-state index contributed by atoms with van der Waals surface area (Å²) in [6.07, 6.45) is 4.84. The van der Waals surface area contributed by atoms with Crippen LogP contribution in [0.15, 0.2) is 22.7 Å². The monoisotopic (exact) mass is 166 g/mol. The summed E-state index contributed by atoms with van der Waals surface area (Å²) in [6.45, 7) is 0. The molecule has 0 spiro atoms. The molecule has 0 saturated heterocycles. The van der Waals surface area contributed by atoms with Gasteiger partial charge in [0.15, 0.2) is 0 Å². The summed E-state index contributed by atoms with van der Waals surface area (Å²) < 4.78 is 1.80. The highest BCUT2D eigenvalue weighted by molar-refractivity contribution is 5.79. The van der Waals surface area contributed by atoms with Crippen LogP contribution in [-0.2, 0) is 7.05 Å². The molecule has 1 aromatic heterocycles. The minimum Gasteiger partial charge on any atom is -0.369 e. The lowest BCUT2D eigenvalue weighted by molar-refractivity contribution is 0.904. The zero-order valence-electron chi connectivity index (χ0n) is 6.68. The first-order chi connectivity index (χ1) is 5.70. The van der Waals surface area contributed by atoms with Crippen LogP contribution in [0.3, 0.4) is 0 Å². The number of nitrogens with zero attached hydrogens (tertiary/aromatic N) is 4. The first kappa shape index (κ1) is 8.25. The number of imidazole rings is 1. The van der Waals surface area contributed by atoms with E-state index in [0.29, 0.717) is 0 Å². The van der Waals surface area contributed by atoms with Crippen LogP contribution in [0.1, 0.15) is 5.69 Å². The van der Waals surface area contributed by atoms with Gasteiger partial charge in [0.25, 0.3) is 0 Å². The van der Waals surface area contributed by atoms with E-state index in [-0.39, 0.29) is 5.96 Å². The van der Waals surface area contributed by atoms with Gasteiger partial charge in [0, 0.05) is 7.05 Å². The normalized spacial score (nSPS) is 10.4. The highest BCUT2D eigenvalue weighted by Crippen LogP contribution is 1.90. The van der Waals surface area contributed by atoms with Gasteiger partial charge < -0.3 is 16.0 Å². The van der Waals surface area contributed by atoms with Gasteiger partial charge in [-0.1, -0.05) is 0 Å². The van der Waals surface area contributed by atoms with Gasteiger partial charge in [0.05, 0.1) is 24.4 Å². The van der Waals surface area contributed by atoms with Gasteiger partial charge in [-0.15, -0.1) is 5.10 Å². The zero-order chi connectivity index (χ0) is 8.97. The first-order valence-corrected chi connectivity index (χ1v) is 3.28. The van der Waals surface area contributed by atoms with Gasteiger partial charge in [0.1, 0.15) is 0 Å². The first-order valence-electron chi connectivity index (χ1n) is 3.28. The van der Waals surface area contributed by atoms with Crippen LogP contribution in [-0.4, -0.2) is 21.7 Å². The van der Waals surface area contributed by atoms with E-state index in [1.165, 1.54) is 6.21 Å². The van der Waals surface area contributed by atoms with Crippen LogP contribution >= 0.6 is 0 Å². The minimum absolute atomic E-state index is 0.0616. The molecule has 6 nitrogen and oxygen atoms in total. The second-order valence-electron chi connectivity index (χ2n) is 2.20. The summed E-state index contributed by atoms with van der Waals surface area (Å²) in [5.74, 6) is -0.0616. The highest BCUT2D eigenvalue weighted by Gasteiger charge is 1.90. The molecule has 4 N–H and O–H groups in total. The van der Waals surface area contributed by atoms with Crippen molar-refractivity contribution in [3.63, 3.8) is 0 Å². The smallest absolute Gasteiger partial charge is 0.211 e. The molecule has 64 valence electrons. The molecule has 0 atom stereocenters. The van der Waals surface area contributed by atoms with Crippen molar-refractivity contribution >= 4 is 12.2 Å². The highest BCUT2D eigenvalue weighted by atomic mass is 15.3. The molecule has 0 unspecified atom stereocenters. The third-order valence-corrected chi connectivity index (χ3v) is 1.22. The Morgan fingerprint density at radius 1 is 1.67 bits per heavy atom. The zero-order valence-corrected chi connectivity index (χ0v) is 6.68. The van der Waals surface area contributed by atoms with Gasteiger partial charge >= 0.3 is 0 Å². The summed E-state index contributed by atoms with van der Waals surface area (Å²) in [7, 11) is 1.85. The van der Waals surface area contributed by atoms with E-state index in [1.54, 1.807) is 17.1 Å². The third-order valence-electron chi connectivity index (χ3n) is 1.22. The fourth-order valence-corrected chi connectivity index (χ4v) is 0.647. The van der Waals surface area contributed by atoms with Gasteiger partial charge in [-0.3, -0.25) is 0 Å². The van der Waals surface area contributed by atoms with Crippen LogP contribution < -0.4 is 11.5 Å². The molecule has 1 aromatic rings. The lowest BCUT2D eigenvalue weighted by Gasteiger charge is -1.90. The number of hydrogen-bond donors (Lipinski definition) is 2. The van der Waals surface area contributed by atoms with Crippen molar-refractivity contribution in [3.8, 4) is 0 Å². The molecule has 0 bridgehead atoms. The van der Waals surface area contributed by atoms with E-state index in [1.807, 2.05) is 7.05 Å². The molecule has 0 amide bonds. The van der Waals surface area contributed by atoms with Crippen LogP contribution in [0.2, 0.25) is 0 Å². The molecule has 0 fully saturated rings. The predicted molar refractivity (Wildman–Crippen MR) is 46.6 cm³/mol. The average molecular weight is 166 g/mol. The summed E-state index contributed by atoms with van der Waals surface area (Å²) in [5, 5.41) is 7.07. The van der Waals surface area contributed by atoms with E-state index in [4.69, 9.17) is 11.5 Å². The van der Waals surface area contributed by atoms with Crippen molar-refractivity contribution in [1.82, 2.24) is 9.55 Å². The molecular formula is C6H10N6. The number of hydrogen-bond acceptors (Lipinski definition) is 3. The Labute approximate surface area is 69.6 Å². The summed E-state index contributed by atoms with van der Waals surface area (Å²) in [6, 6.07) is 0. The van der Waals surface area contributed by atoms with Crippen molar-refractivity contribution in [2.45, 2.75) is 0 Å². The fraction of sp³-hybridized carbons (Fsp3) is 0.167. The number of guanidine groups is 1. The summed E-state index contributed by atoms with van der Waals surface area (Å²) >= 11 is 0. The molecule has 1 heterocycles. The molecule has 0 aromatic carbocycles. The van der Waals surface area contributed by atoms with Crippen molar-refractivity contribution in [2.24, 2.45) is 28.7 Å². The van der Waals surface area contributed by atoms with E-state index < -0.39 is 0 Å².